The van der Waals surface area contributed by atoms with Gasteiger partial charge in [-0.15, -0.1) is 11.3 Å². The van der Waals surface area contributed by atoms with Crippen LogP contribution < -0.4 is 5.32 Å². The van der Waals surface area contributed by atoms with Crippen molar-refractivity contribution in [3.8, 4) is 6.07 Å². The Kier molecular flexibility index (Phi) is 4.16. The summed E-state index contributed by atoms with van der Waals surface area (Å²) in [7, 11) is 0. The van der Waals surface area contributed by atoms with E-state index in [0.717, 1.165) is 10.4 Å². The van der Waals surface area contributed by atoms with Crippen LogP contribution in [0.3, 0.4) is 0 Å². The first-order chi connectivity index (χ1) is 9.51. The number of nitrogens with zero attached hydrogens (tertiary/aromatic N) is 1. The Morgan fingerprint density at radius 3 is 2.70 bits per heavy atom. The lowest BCUT2D eigenvalue weighted by molar-refractivity contribution is 0.0954. The third-order valence-corrected chi connectivity index (χ3v) is 4.16. The Morgan fingerprint density at radius 2 is 2.15 bits per heavy atom. The number of rotatable bonds is 3. The van der Waals surface area contributed by atoms with E-state index in [9.17, 15) is 9.18 Å². The van der Waals surface area contributed by atoms with E-state index in [2.05, 4.69) is 5.32 Å². The van der Waals surface area contributed by atoms with Crippen molar-refractivity contribution in [2.45, 2.75) is 20.4 Å². The molecule has 0 bridgehead atoms. The molecule has 1 aromatic heterocycles. The molecule has 2 rings (SSSR count). The molecule has 3 nitrogen and oxygen atoms in total. The molecule has 0 saturated heterocycles. The molecule has 0 radical (unpaired) electrons. The third-order valence-electron chi connectivity index (χ3n) is 3.01. The molecule has 2 aromatic rings. The monoisotopic (exact) mass is 288 g/mol. The molecule has 102 valence electrons. The molecule has 0 spiro atoms. The molecule has 0 unspecified atom stereocenters. The van der Waals surface area contributed by atoms with Crippen molar-refractivity contribution >= 4 is 17.2 Å². The lowest BCUT2D eigenvalue weighted by atomic mass is 10.1. The number of aryl methyl sites for hydroxylation is 2. The largest absolute Gasteiger partial charge is 0.347 e. The lowest BCUT2D eigenvalue weighted by Crippen LogP contribution is -2.22. The molecule has 1 amide bonds. The number of nitrogens with one attached hydrogen (secondary N) is 1. The fourth-order valence-electron chi connectivity index (χ4n) is 1.71. The van der Waals surface area contributed by atoms with Crippen molar-refractivity contribution in [2.75, 3.05) is 0 Å². The van der Waals surface area contributed by atoms with Gasteiger partial charge >= 0.3 is 0 Å². The molecule has 1 aromatic carbocycles. The van der Waals surface area contributed by atoms with Crippen LogP contribution in [0, 0.1) is 31.0 Å². The summed E-state index contributed by atoms with van der Waals surface area (Å²) >= 11 is 1.42. The van der Waals surface area contributed by atoms with Crippen LogP contribution >= 0.6 is 11.3 Å². The van der Waals surface area contributed by atoms with E-state index in [4.69, 9.17) is 5.26 Å². The number of hydrogen-bond donors (Lipinski definition) is 1. The number of benzene rings is 1. The van der Waals surface area contributed by atoms with Crippen LogP contribution in [0.5, 0.6) is 0 Å². The Labute approximate surface area is 120 Å². The van der Waals surface area contributed by atoms with E-state index in [1.165, 1.54) is 29.5 Å². The molecule has 0 atom stereocenters. The first-order valence-electron chi connectivity index (χ1n) is 6.05. The highest BCUT2D eigenvalue weighted by Gasteiger charge is 2.11. The van der Waals surface area contributed by atoms with Gasteiger partial charge in [-0.1, -0.05) is 6.07 Å². The fourth-order valence-corrected chi connectivity index (χ4v) is 2.66. The minimum absolute atomic E-state index is 0.104. The summed E-state index contributed by atoms with van der Waals surface area (Å²) < 4.78 is 13.7. The van der Waals surface area contributed by atoms with Gasteiger partial charge in [0.25, 0.3) is 5.91 Å². The summed E-state index contributed by atoms with van der Waals surface area (Å²) in [5, 5.41) is 11.3. The summed E-state index contributed by atoms with van der Waals surface area (Å²) in [6.07, 6.45) is 0. The predicted octanol–water partition coefficient (Wildman–Crippen LogP) is 3.31. The van der Waals surface area contributed by atoms with Crippen molar-refractivity contribution in [2.24, 2.45) is 0 Å². The molecule has 20 heavy (non-hydrogen) atoms. The number of nitriles is 1. The highest BCUT2D eigenvalue weighted by atomic mass is 32.1. The number of thiophene rings is 1. The number of halogens is 1. The predicted molar refractivity (Wildman–Crippen MR) is 76.1 cm³/mol. The van der Waals surface area contributed by atoms with Crippen LogP contribution in [0.1, 0.15) is 31.2 Å². The quantitative estimate of drug-likeness (QED) is 0.942. The van der Waals surface area contributed by atoms with Gasteiger partial charge in [-0.05, 0) is 37.6 Å². The summed E-state index contributed by atoms with van der Waals surface area (Å²) in [4.78, 5) is 13.7. The van der Waals surface area contributed by atoms with Crippen LogP contribution in [0.2, 0.25) is 0 Å². The summed E-state index contributed by atoms with van der Waals surface area (Å²) in [5.41, 5.74) is 1.70. The third kappa shape index (κ3) is 3.03. The van der Waals surface area contributed by atoms with Gasteiger partial charge in [0.1, 0.15) is 5.82 Å². The zero-order chi connectivity index (χ0) is 14.7. The topological polar surface area (TPSA) is 52.9 Å². The zero-order valence-corrected chi connectivity index (χ0v) is 12.0. The Hall–Kier alpha value is -2.19. The summed E-state index contributed by atoms with van der Waals surface area (Å²) in [6.45, 7) is 4.01. The van der Waals surface area contributed by atoms with E-state index >= 15 is 0 Å². The van der Waals surface area contributed by atoms with Gasteiger partial charge in [0, 0.05) is 17.0 Å². The highest BCUT2D eigenvalue weighted by Crippen LogP contribution is 2.20. The van der Waals surface area contributed by atoms with Crippen molar-refractivity contribution < 1.29 is 9.18 Å². The van der Waals surface area contributed by atoms with Crippen molar-refractivity contribution in [1.29, 1.82) is 5.26 Å². The van der Waals surface area contributed by atoms with E-state index in [-0.39, 0.29) is 18.0 Å². The van der Waals surface area contributed by atoms with Gasteiger partial charge in [0.05, 0.1) is 16.5 Å². The number of hydrogen-bond acceptors (Lipinski definition) is 3. The molecule has 0 fully saturated rings. The van der Waals surface area contributed by atoms with E-state index < -0.39 is 5.82 Å². The second-order valence-corrected chi connectivity index (χ2v) is 5.71. The average Bonchev–Trinajstić information content (AvgIpc) is 2.77. The van der Waals surface area contributed by atoms with Crippen molar-refractivity contribution in [1.82, 2.24) is 5.32 Å². The van der Waals surface area contributed by atoms with Gasteiger partial charge in [0.2, 0.25) is 0 Å². The second kappa shape index (κ2) is 5.85. The molecule has 0 aliphatic rings. The van der Waals surface area contributed by atoms with Crippen LogP contribution in [0.25, 0.3) is 0 Å². The van der Waals surface area contributed by atoms with Crippen LogP contribution in [0.15, 0.2) is 24.3 Å². The maximum absolute atomic E-state index is 13.7. The Balaban J connectivity index is 2.05. The van der Waals surface area contributed by atoms with Crippen molar-refractivity contribution in [3.63, 3.8) is 0 Å². The van der Waals surface area contributed by atoms with Gasteiger partial charge in [-0.3, -0.25) is 4.79 Å². The van der Waals surface area contributed by atoms with Crippen molar-refractivity contribution in [3.05, 3.63) is 56.5 Å². The average molecular weight is 288 g/mol. The minimum Gasteiger partial charge on any atom is -0.347 e. The van der Waals surface area contributed by atoms with Gasteiger partial charge in [-0.2, -0.15) is 5.26 Å². The Bertz CT molecular complexity index is 681. The van der Waals surface area contributed by atoms with Crippen LogP contribution in [-0.4, -0.2) is 5.91 Å². The highest BCUT2D eigenvalue weighted by molar-refractivity contribution is 7.14. The summed E-state index contributed by atoms with van der Waals surface area (Å²) in [5.74, 6) is -0.696. The minimum atomic E-state index is -0.483. The first kappa shape index (κ1) is 14.2. The fraction of sp³-hybridized carbons (Fsp3) is 0.200. The van der Waals surface area contributed by atoms with Gasteiger partial charge < -0.3 is 5.32 Å². The maximum atomic E-state index is 13.7. The van der Waals surface area contributed by atoms with E-state index in [0.29, 0.717) is 10.4 Å². The smallest absolute Gasteiger partial charge is 0.261 e. The van der Waals surface area contributed by atoms with Gasteiger partial charge in [-0.25, -0.2) is 4.39 Å². The number of carbonyl (C=O) groups is 1. The number of amides is 1. The molecular formula is C15H13FN2OS. The first-order valence-corrected chi connectivity index (χ1v) is 6.86. The molecule has 1 heterocycles. The SMILES string of the molecule is Cc1cc(C(=O)NCc2ccc(C#N)cc2F)sc1C. The molecular weight excluding hydrogens is 275 g/mol. The molecule has 5 heteroatoms. The van der Waals surface area contributed by atoms with E-state index in [1.807, 2.05) is 26.0 Å². The standard InChI is InChI=1S/C15H13FN2OS/c1-9-5-14(20-10(9)2)15(19)18-8-12-4-3-11(7-17)6-13(12)16/h3-6H,8H2,1-2H3,(H,18,19). The number of carbonyl (C=O) groups excluding carboxylic acids is 1. The molecule has 1 N–H and O–H groups in total. The molecule has 0 aliphatic carbocycles. The second-order valence-electron chi connectivity index (χ2n) is 4.45. The molecule has 0 aliphatic heterocycles. The summed E-state index contributed by atoms with van der Waals surface area (Å²) in [6, 6.07) is 7.91. The van der Waals surface area contributed by atoms with Crippen LogP contribution in [-0.2, 0) is 6.54 Å². The zero-order valence-electron chi connectivity index (χ0n) is 11.2. The maximum Gasteiger partial charge on any atom is 0.261 e. The van der Waals surface area contributed by atoms with Crippen LogP contribution in [0.4, 0.5) is 4.39 Å². The Morgan fingerprint density at radius 1 is 1.40 bits per heavy atom. The normalized spacial score (nSPS) is 10.1. The lowest BCUT2D eigenvalue weighted by Gasteiger charge is -2.05. The van der Waals surface area contributed by atoms with Gasteiger partial charge in [0.15, 0.2) is 0 Å². The van der Waals surface area contributed by atoms with E-state index in [1.54, 1.807) is 0 Å². The molecule has 0 saturated carbocycles.